The van der Waals surface area contributed by atoms with Gasteiger partial charge in [-0.3, -0.25) is 4.79 Å². The van der Waals surface area contributed by atoms with Crippen LogP contribution in [0.3, 0.4) is 0 Å². The van der Waals surface area contributed by atoms with Crippen LogP contribution in [0.4, 0.5) is 0 Å². The zero-order chi connectivity index (χ0) is 17.7. The number of hydrogen-bond acceptors (Lipinski definition) is 5. The number of amides is 1. The van der Waals surface area contributed by atoms with Crippen molar-refractivity contribution >= 4 is 23.7 Å². The minimum Gasteiger partial charge on any atom is -0.508 e. The summed E-state index contributed by atoms with van der Waals surface area (Å²) in [6.07, 6.45) is 1.27. The summed E-state index contributed by atoms with van der Waals surface area (Å²) in [7, 11) is 0. The highest BCUT2D eigenvalue weighted by Gasteiger charge is 2.06. The Balaban J connectivity index is 1.88. The van der Waals surface area contributed by atoms with Crippen molar-refractivity contribution in [3.05, 3.63) is 52.0 Å². The number of aryl methyl sites for hydroxylation is 2. The van der Waals surface area contributed by atoms with Crippen LogP contribution in [-0.4, -0.2) is 28.9 Å². The number of nitrogens with zero attached hydrogens (tertiary/aromatic N) is 1. The maximum atomic E-state index is 11.7. The first-order chi connectivity index (χ1) is 11.4. The summed E-state index contributed by atoms with van der Waals surface area (Å²) < 4.78 is 5.40. The lowest BCUT2D eigenvalue weighted by molar-refractivity contribution is -0.123. The number of nitrogens with one attached hydrogen (secondary N) is 1. The van der Waals surface area contributed by atoms with E-state index in [1.165, 1.54) is 24.4 Å². The van der Waals surface area contributed by atoms with E-state index in [4.69, 9.17) is 16.3 Å². The first-order valence-electron chi connectivity index (χ1n) is 7.10. The second-order valence-electron chi connectivity index (χ2n) is 5.20. The van der Waals surface area contributed by atoms with Crippen molar-refractivity contribution in [2.45, 2.75) is 13.8 Å². The normalized spacial score (nSPS) is 10.8. The van der Waals surface area contributed by atoms with Gasteiger partial charge in [0.25, 0.3) is 5.91 Å². The lowest BCUT2D eigenvalue weighted by Crippen LogP contribution is -2.24. The molecular weight excluding hydrogens is 332 g/mol. The van der Waals surface area contributed by atoms with E-state index in [-0.39, 0.29) is 18.1 Å². The van der Waals surface area contributed by atoms with Gasteiger partial charge < -0.3 is 14.9 Å². The summed E-state index contributed by atoms with van der Waals surface area (Å²) in [6, 6.07) is 7.55. The molecule has 0 aromatic heterocycles. The Morgan fingerprint density at radius 1 is 1.25 bits per heavy atom. The molecule has 7 heteroatoms. The van der Waals surface area contributed by atoms with Gasteiger partial charge in [-0.1, -0.05) is 11.6 Å². The van der Waals surface area contributed by atoms with E-state index in [9.17, 15) is 15.0 Å². The van der Waals surface area contributed by atoms with Crippen molar-refractivity contribution < 1.29 is 19.7 Å². The van der Waals surface area contributed by atoms with Gasteiger partial charge in [-0.15, -0.1) is 0 Å². The van der Waals surface area contributed by atoms with Crippen LogP contribution in [0.5, 0.6) is 17.2 Å². The Kier molecular flexibility index (Phi) is 5.65. The van der Waals surface area contributed by atoms with Crippen LogP contribution in [0.15, 0.2) is 35.4 Å². The molecular formula is C17H17ClN2O4. The van der Waals surface area contributed by atoms with Gasteiger partial charge in [-0.05, 0) is 49.2 Å². The average molecular weight is 349 g/mol. The fourth-order valence-corrected chi connectivity index (χ4v) is 2.09. The van der Waals surface area contributed by atoms with Crippen molar-refractivity contribution in [3.8, 4) is 17.2 Å². The van der Waals surface area contributed by atoms with Crippen LogP contribution in [0.2, 0.25) is 5.02 Å². The molecule has 3 N–H and O–H groups in total. The Hall–Kier alpha value is -2.73. The Morgan fingerprint density at radius 3 is 2.54 bits per heavy atom. The summed E-state index contributed by atoms with van der Waals surface area (Å²) in [5.41, 5.74) is 4.39. The number of aromatic hydroxyl groups is 2. The molecule has 0 spiro atoms. The minimum absolute atomic E-state index is 0.0596. The number of hydrazone groups is 1. The van der Waals surface area contributed by atoms with Crippen molar-refractivity contribution in [3.63, 3.8) is 0 Å². The summed E-state index contributed by atoms with van der Waals surface area (Å²) in [5, 5.41) is 23.2. The molecule has 2 aromatic carbocycles. The van der Waals surface area contributed by atoms with Crippen LogP contribution >= 0.6 is 11.6 Å². The molecule has 0 fully saturated rings. The van der Waals surface area contributed by atoms with Crippen molar-refractivity contribution in [2.24, 2.45) is 5.10 Å². The zero-order valence-corrected chi connectivity index (χ0v) is 14.0. The Labute approximate surface area is 144 Å². The number of ether oxygens (including phenoxy) is 1. The molecule has 0 saturated heterocycles. The van der Waals surface area contributed by atoms with Crippen molar-refractivity contribution in [1.29, 1.82) is 0 Å². The second kappa shape index (κ2) is 7.70. The Bertz CT molecular complexity index is 767. The van der Waals surface area contributed by atoms with Gasteiger partial charge in [0.2, 0.25) is 0 Å². The molecule has 0 saturated carbocycles. The minimum atomic E-state index is -0.449. The summed E-state index contributed by atoms with van der Waals surface area (Å²) in [6.45, 7) is 3.51. The summed E-state index contributed by atoms with van der Waals surface area (Å²) >= 11 is 6.07. The van der Waals surface area contributed by atoms with Crippen molar-refractivity contribution in [2.75, 3.05) is 6.61 Å². The first-order valence-corrected chi connectivity index (χ1v) is 7.48. The predicted octanol–water partition coefficient (Wildman–Crippen LogP) is 2.90. The second-order valence-corrected chi connectivity index (χ2v) is 5.57. The molecule has 0 unspecified atom stereocenters. The summed E-state index contributed by atoms with van der Waals surface area (Å²) in [5.74, 6) is -0.105. The van der Waals surface area contributed by atoms with Gasteiger partial charge in [0.1, 0.15) is 17.2 Å². The highest BCUT2D eigenvalue weighted by Crippen LogP contribution is 2.25. The van der Waals surface area contributed by atoms with Crippen LogP contribution in [0.1, 0.15) is 16.7 Å². The highest BCUT2D eigenvalue weighted by molar-refractivity contribution is 6.32. The molecule has 2 aromatic rings. The third-order valence-corrected chi connectivity index (χ3v) is 3.78. The molecule has 0 atom stereocenters. The van der Waals surface area contributed by atoms with Gasteiger partial charge in [0.05, 0.1) is 6.21 Å². The molecule has 0 aliphatic rings. The fourth-order valence-electron chi connectivity index (χ4n) is 1.99. The molecule has 0 heterocycles. The van der Waals surface area contributed by atoms with E-state index in [1.807, 2.05) is 13.8 Å². The topological polar surface area (TPSA) is 91.2 Å². The van der Waals surface area contributed by atoms with E-state index >= 15 is 0 Å². The lowest BCUT2D eigenvalue weighted by Gasteiger charge is -2.09. The number of phenolic OH excluding ortho intramolecular Hbond substituents is 2. The number of carbonyl (C=O) groups is 1. The number of rotatable bonds is 5. The molecule has 0 aliphatic heterocycles. The molecule has 0 radical (unpaired) electrons. The fraction of sp³-hybridized carbons (Fsp3) is 0.176. The SMILES string of the molecule is Cc1cc(OCC(=O)N/N=C/c2ccc(O)cc2O)cc(C)c1Cl. The number of halogens is 1. The van der Waals surface area contributed by atoms with Gasteiger partial charge in [-0.25, -0.2) is 5.43 Å². The smallest absolute Gasteiger partial charge is 0.277 e. The van der Waals surface area contributed by atoms with Gasteiger partial charge in [-0.2, -0.15) is 5.10 Å². The van der Waals surface area contributed by atoms with Crippen LogP contribution in [-0.2, 0) is 4.79 Å². The lowest BCUT2D eigenvalue weighted by atomic mass is 10.1. The zero-order valence-electron chi connectivity index (χ0n) is 13.2. The average Bonchev–Trinajstić information content (AvgIpc) is 2.52. The Morgan fingerprint density at radius 2 is 1.92 bits per heavy atom. The number of benzene rings is 2. The first kappa shape index (κ1) is 17.6. The van der Waals surface area contributed by atoms with E-state index in [0.717, 1.165) is 11.1 Å². The van der Waals surface area contributed by atoms with Crippen LogP contribution < -0.4 is 10.2 Å². The number of phenols is 2. The molecule has 0 aliphatic carbocycles. The number of carbonyl (C=O) groups excluding carboxylic acids is 1. The molecule has 0 bridgehead atoms. The monoisotopic (exact) mass is 348 g/mol. The maximum absolute atomic E-state index is 11.7. The molecule has 6 nitrogen and oxygen atoms in total. The third kappa shape index (κ3) is 4.63. The standard InChI is InChI=1S/C17H17ClN2O4/c1-10-5-14(6-11(2)17(10)18)24-9-16(23)20-19-8-12-3-4-13(21)7-15(12)22/h3-8,21-22H,9H2,1-2H3,(H,20,23)/b19-8+. The third-order valence-electron chi connectivity index (χ3n) is 3.19. The molecule has 126 valence electrons. The van der Waals surface area contributed by atoms with Gasteiger partial charge in [0.15, 0.2) is 6.61 Å². The highest BCUT2D eigenvalue weighted by atomic mass is 35.5. The molecule has 24 heavy (non-hydrogen) atoms. The van der Waals surface area contributed by atoms with Crippen LogP contribution in [0, 0.1) is 13.8 Å². The largest absolute Gasteiger partial charge is 0.508 e. The van der Waals surface area contributed by atoms with E-state index in [1.54, 1.807) is 12.1 Å². The summed E-state index contributed by atoms with van der Waals surface area (Å²) in [4.78, 5) is 11.7. The number of hydrogen-bond donors (Lipinski definition) is 3. The molecule has 2 rings (SSSR count). The van der Waals surface area contributed by atoms with E-state index in [2.05, 4.69) is 10.5 Å². The predicted molar refractivity (Wildman–Crippen MR) is 91.9 cm³/mol. The quantitative estimate of drug-likeness (QED) is 0.572. The van der Waals surface area contributed by atoms with E-state index < -0.39 is 5.91 Å². The molecule has 1 amide bonds. The van der Waals surface area contributed by atoms with Gasteiger partial charge >= 0.3 is 0 Å². The maximum Gasteiger partial charge on any atom is 0.277 e. The van der Waals surface area contributed by atoms with Crippen LogP contribution in [0.25, 0.3) is 0 Å². The van der Waals surface area contributed by atoms with Gasteiger partial charge in [0, 0.05) is 16.7 Å². The van der Waals surface area contributed by atoms with Crippen molar-refractivity contribution in [1.82, 2.24) is 5.43 Å². The van der Waals surface area contributed by atoms with E-state index in [0.29, 0.717) is 16.3 Å².